The van der Waals surface area contributed by atoms with E-state index in [2.05, 4.69) is 0 Å². The van der Waals surface area contributed by atoms with Gasteiger partial charge in [0.1, 0.15) is 4.21 Å². The Labute approximate surface area is 120 Å². The van der Waals surface area contributed by atoms with Gasteiger partial charge in [0.15, 0.2) is 0 Å². The Balaban J connectivity index is 2.55. The maximum Gasteiger partial charge on any atom is 0.270 e. The number of sulfone groups is 1. The van der Waals surface area contributed by atoms with E-state index in [9.17, 15) is 16.8 Å². The third kappa shape index (κ3) is 3.00. The van der Waals surface area contributed by atoms with Crippen molar-refractivity contribution < 1.29 is 16.8 Å². The molecule has 8 heteroatoms. The Morgan fingerprint density at radius 3 is 2.26 bits per heavy atom. The summed E-state index contributed by atoms with van der Waals surface area (Å²) in [6, 6.07) is 7.48. The largest absolute Gasteiger partial charge is 0.270 e. The minimum atomic E-state index is -3.91. The second-order valence-corrected chi connectivity index (χ2v) is 9.51. The highest BCUT2D eigenvalue weighted by molar-refractivity contribution is 8.15. The molecular formula is C11H9ClO4S3. The second kappa shape index (κ2) is 4.90. The van der Waals surface area contributed by atoms with Gasteiger partial charge in [-0.05, 0) is 30.7 Å². The van der Waals surface area contributed by atoms with Crippen LogP contribution in [0.1, 0.15) is 5.56 Å². The summed E-state index contributed by atoms with van der Waals surface area (Å²) in [6.07, 6.45) is 0. The first kappa shape index (κ1) is 14.5. The van der Waals surface area contributed by atoms with Crippen LogP contribution in [0, 0.1) is 6.92 Å². The van der Waals surface area contributed by atoms with Crippen molar-refractivity contribution in [1.29, 1.82) is 0 Å². The minimum Gasteiger partial charge on any atom is -0.218 e. The highest BCUT2D eigenvalue weighted by Gasteiger charge is 2.22. The van der Waals surface area contributed by atoms with Gasteiger partial charge in [0.2, 0.25) is 9.84 Å². The zero-order valence-corrected chi connectivity index (χ0v) is 12.9. The molecule has 19 heavy (non-hydrogen) atoms. The molecule has 2 rings (SSSR count). The van der Waals surface area contributed by atoms with Crippen LogP contribution in [0.4, 0.5) is 0 Å². The van der Waals surface area contributed by atoms with E-state index < -0.39 is 18.9 Å². The SMILES string of the molecule is Cc1cccc(S(=O)(=O)c2csc(S(=O)(=O)Cl)c2)c1. The summed E-state index contributed by atoms with van der Waals surface area (Å²) in [5, 5.41) is 1.27. The average Bonchev–Trinajstić information content (AvgIpc) is 2.78. The van der Waals surface area contributed by atoms with Gasteiger partial charge in [-0.15, -0.1) is 11.3 Å². The van der Waals surface area contributed by atoms with Crippen molar-refractivity contribution in [2.75, 3.05) is 0 Å². The summed E-state index contributed by atoms with van der Waals surface area (Å²) in [4.78, 5) is 0.0612. The normalized spacial score (nSPS) is 12.5. The molecule has 1 heterocycles. The molecule has 0 saturated heterocycles. The fraction of sp³-hybridized carbons (Fsp3) is 0.0909. The quantitative estimate of drug-likeness (QED) is 0.808. The molecule has 0 spiro atoms. The van der Waals surface area contributed by atoms with Crippen LogP contribution in [0.2, 0.25) is 0 Å². The van der Waals surface area contributed by atoms with Crippen LogP contribution in [0.15, 0.2) is 49.7 Å². The van der Waals surface area contributed by atoms with Crippen LogP contribution in [0.25, 0.3) is 0 Å². The maximum absolute atomic E-state index is 12.3. The van der Waals surface area contributed by atoms with Crippen LogP contribution in [0.5, 0.6) is 0 Å². The lowest BCUT2D eigenvalue weighted by molar-refractivity contribution is 0.596. The van der Waals surface area contributed by atoms with Crippen LogP contribution in [0.3, 0.4) is 0 Å². The molecule has 0 aliphatic rings. The summed E-state index contributed by atoms with van der Waals surface area (Å²) >= 11 is 0.783. The van der Waals surface area contributed by atoms with Crippen molar-refractivity contribution in [3.05, 3.63) is 41.3 Å². The highest BCUT2D eigenvalue weighted by atomic mass is 35.7. The number of halogens is 1. The number of aryl methyl sites for hydroxylation is 1. The average molecular weight is 337 g/mol. The Kier molecular flexibility index (Phi) is 3.74. The number of thiophene rings is 1. The predicted molar refractivity (Wildman–Crippen MR) is 74.0 cm³/mol. The fourth-order valence-electron chi connectivity index (χ4n) is 1.49. The Bertz CT molecular complexity index is 819. The highest BCUT2D eigenvalue weighted by Crippen LogP contribution is 2.30. The molecule has 0 unspecified atom stereocenters. The van der Waals surface area contributed by atoms with E-state index >= 15 is 0 Å². The molecule has 4 nitrogen and oxygen atoms in total. The van der Waals surface area contributed by atoms with Crippen LogP contribution >= 0.6 is 22.0 Å². The zero-order valence-electron chi connectivity index (χ0n) is 9.70. The minimum absolute atomic E-state index is 0.0673. The molecule has 1 aromatic heterocycles. The van der Waals surface area contributed by atoms with Gasteiger partial charge >= 0.3 is 0 Å². The molecule has 0 amide bonds. The monoisotopic (exact) mass is 336 g/mol. The number of rotatable bonds is 3. The lowest BCUT2D eigenvalue weighted by Gasteiger charge is -2.02. The van der Waals surface area contributed by atoms with Gasteiger partial charge in [-0.25, -0.2) is 16.8 Å². The topological polar surface area (TPSA) is 68.3 Å². The molecule has 0 saturated carbocycles. The van der Waals surface area contributed by atoms with E-state index in [0.717, 1.165) is 23.0 Å². The van der Waals surface area contributed by atoms with Crippen LogP contribution in [-0.2, 0) is 18.9 Å². The van der Waals surface area contributed by atoms with Gasteiger partial charge < -0.3 is 0 Å². The Morgan fingerprint density at radius 1 is 1.05 bits per heavy atom. The van der Waals surface area contributed by atoms with Gasteiger partial charge in [-0.3, -0.25) is 0 Å². The number of hydrogen-bond acceptors (Lipinski definition) is 5. The van der Waals surface area contributed by atoms with Gasteiger partial charge in [0.05, 0.1) is 9.79 Å². The van der Waals surface area contributed by atoms with E-state index in [-0.39, 0.29) is 14.0 Å². The first-order valence-corrected chi connectivity index (χ1v) is 9.73. The van der Waals surface area contributed by atoms with Crippen LogP contribution in [-0.4, -0.2) is 16.8 Å². The third-order valence-electron chi connectivity index (χ3n) is 2.40. The molecule has 0 aliphatic heterocycles. The summed E-state index contributed by atoms with van der Waals surface area (Å²) in [6.45, 7) is 1.78. The number of benzene rings is 1. The molecule has 0 bridgehead atoms. The van der Waals surface area contributed by atoms with Gasteiger partial charge in [0, 0.05) is 16.1 Å². The molecular weight excluding hydrogens is 328 g/mol. The molecule has 2 aromatic rings. The van der Waals surface area contributed by atoms with Crippen molar-refractivity contribution in [2.24, 2.45) is 0 Å². The fourth-order valence-corrected chi connectivity index (χ4v) is 5.26. The van der Waals surface area contributed by atoms with E-state index in [1.54, 1.807) is 19.1 Å². The van der Waals surface area contributed by atoms with Crippen LogP contribution < -0.4 is 0 Å². The summed E-state index contributed by atoms with van der Waals surface area (Å²) in [5.41, 5.74) is 0.807. The molecule has 0 aliphatic carbocycles. The van der Waals surface area contributed by atoms with E-state index in [1.807, 2.05) is 0 Å². The van der Waals surface area contributed by atoms with Crippen molar-refractivity contribution in [2.45, 2.75) is 20.9 Å². The smallest absolute Gasteiger partial charge is 0.218 e. The van der Waals surface area contributed by atoms with Gasteiger partial charge in [0.25, 0.3) is 9.05 Å². The lowest BCUT2D eigenvalue weighted by atomic mass is 10.2. The Hall–Kier alpha value is -0.890. The molecule has 1 aromatic carbocycles. The molecule has 0 N–H and O–H groups in total. The maximum atomic E-state index is 12.3. The van der Waals surface area contributed by atoms with Crippen molar-refractivity contribution in [3.8, 4) is 0 Å². The zero-order chi connectivity index (χ0) is 14.3. The molecule has 0 radical (unpaired) electrons. The lowest BCUT2D eigenvalue weighted by Crippen LogP contribution is -2.00. The van der Waals surface area contributed by atoms with E-state index in [4.69, 9.17) is 10.7 Å². The van der Waals surface area contributed by atoms with E-state index in [0.29, 0.717) is 0 Å². The van der Waals surface area contributed by atoms with Gasteiger partial charge in [-0.1, -0.05) is 12.1 Å². The van der Waals surface area contributed by atoms with E-state index in [1.165, 1.54) is 17.5 Å². The van der Waals surface area contributed by atoms with Gasteiger partial charge in [-0.2, -0.15) is 0 Å². The summed E-state index contributed by atoms with van der Waals surface area (Å²) in [7, 11) is -2.44. The summed E-state index contributed by atoms with van der Waals surface area (Å²) < 4.78 is 46.7. The summed E-state index contributed by atoms with van der Waals surface area (Å²) in [5.74, 6) is 0. The Morgan fingerprint density at radius 2 is 1.74 bits per heavy atom. The molecule has 0 atom stereocenters. The first-order chi connectivity index (χ1) is 8.71. The number of hydrogen-bond donors (Lipinski definition) is 0. The predicted octanol–water partition coefficient (Wildman–Crippen LogP) is 2.82. The standard InChI is InChI=1S/C11H9ClO4S3/c1-8-3-2-4-9(5-8)18(13,14)10-6-11(17-7-10)19(12,15)16/h2-7H,1H3. The molecule has 102 valence electrons. The van der Waals surface area contributed by atoms with Crippen molar-refractivity contribution in [3.63, 3.8) is 0 Å². The second-order valence-electron chi connectivity index (χ2n) is 3.86. The first-order valence-electron chi connectivity index (χ1n) is 5.06. The molecule has 0 fully saturated rings. The van der Waals surface area contributed by atoms with Crippen molar-refractivity contribution >= 4 is 40.9 Å². The van der Waals surface area contributed by atoms with Crippen molar-refractivity contribution in [1.82, 2.24) is 0 Å². The third-order valence-corrected chi connectivity index (χ3v) is 7.32.